The quantitative estimate of drug-likeness (QED) is 0.573. The molecule has 1 aromatic heterocycles. The minimum atomic E-state index is -0.102. The first-order chi connectivity index (χ1) is 13.2. The third kappa shape index (κ3) is 5.21. The average Bonchev–Trinajstić information content (AvgIpc) is 3.14. The molecule has 140 valence electrons. The fourth-order valence-electron chi connectivity index (χ4n) is 2.46. The fourth-order valence-corrected chi connectivity index (χ4v) is 3.60. The Balaban J connectivity index is 1.47. The first-order valence-corrected chi connectivity index (χ1v) is 9.65. The van der Waals surface area contributed by atoms with Gasteiger partial charge >= 0.3 is 0 Å². The number of para-hydroxylation sites is 2. The molecule has 0 unspecified atom stereocenters. The third-order valence-electron chi connectivity index (χ3n) is 3.75. The molecule has 5 nitrogen and oxygen atoms in total. The number of nitrogens with one attached hydrogen (secondary N) is 1. The standard InChI is InChI=1S/C20H19ClN2O3S/c1-25-17-8-4-5-9-18(17)26-11-10-22-19(24)12-14-13-27-20(23-14)15-6-2-3-7-16(15)21/h2-9,13H,10-12H2,1H3,(H,22,24). The summed E-state index contributed by atoms with van der Waals surface area (Å²) in [6.07, 6.45) is 0.218. The molecule has 0 radical (unpaired) electrons. The Bertz CT molecular complexity index is 914. The van der Waals surface area contributed by atoms with E-state index in [4.69, 9.17) is 21.1 Å². The Labute approximate surface area is 166 Å². The highest BCUT2D eigenvalue weighted by Crippen LogP contribution is 2.30. The van der Waals surface area contributed by atoms with Crippen LogP contribution in [0.4, 0.5) is 0 Å². The molecule has 0 atom stereocenters. The molecule has 0 bridgehead atoms. The van der Waals surface area contributed by atoms with Crippen LogP contribution in [0, 0.1) is 0 Å². The summed E-state index contributed by atoms with van der Waals surface area (Å²) in [4.78, 5) is 16.6. The van der Waals surface area contributed by atoms with Crippen molar-refractivity contribution in [1.82, 2.24) is 10.3 Å². The minimum Gasteiger partial charge on any atom is -0.493 e. The van der Waals surface area contributed by atoms with Crippen LogP contribution < -0.4 is 14.8 Å². The highest BCUT2D eigenvalue weighted by Gasteiger charge is 2.11. The number of methoxy groups -OCH3 is 1. The van der Waals surface area contributed by atoms with E-state index in [9.17, 15) is 4.79 Å². The molecule has 1 heterocycles. The van der Waals surface area contributed by atoms with E-state index in [1.807, 2.05) is 53.9 Å². The van der Waals surface area contributed by atoms with Crippen molar-refractivity contribution in [2.24, 2.45) is 0 Å². The Morgan fingerprint density at radius 2 is 1.89 bits per heavy atom. The van der Waals surface area contributed by atoms with Gasteiger partial charge in [-0.15, -0.1) is 11.3 Å². The number of thiazole rings is 1. The second kappa shape index (κ2) is 9.39. The smallest absolute Gasteiger partial charge is 0.226 e. The number of rotatable bonds is 8. The maximum absolute atomic E-state index is 12.1. The average molecular weight is 403 g/mol. The Morgan fingerprint density at radius 1 is 1.15 bits per heavy atom. The number of aromatic nitrogens is 1. The molecule has 3 rings (SSSR count). The molecule has 3 aromatic rings. The van der Waals surface area contributed by atoms with Crippen LogP contribution in [0.15, 0.2) is 53.9 Å². The number of hydrogen-bond acceptors (Lipinski definition) is 5. The van der Waals surface area contributed by atoms with Crippen molar-refractivity contribution in [1.29, 1.82) is 0 Å². The number of nitrogens with zero attached hydrogens (tertiary/aromatic N) is 1. The van der Waals surface area contributed by atoms with Crippen molar-refractivity contribution in [2.75, 3.05) is 20.3 Å². The fraction of sp³-hybridized carbons (Fsp3) is 0.200. The van der Waals surface area contributed by atoms with Gasteiger partial charge in [-0.1, -0.05) is 41.9 Å². The van der Waals surface area contributed by atoms with Gasteiger partial charge in [0.25, 0.3) is 0 Å². The van der Waals surface area contributed by atoms with Crippen molar-refractivity contribution >= 4 is 28.8 Å². The molecule has 1 amide bonds. The summed E-state index contributed by atoms with van der Waals surface area (Å²) in [7, 11) is 1.59. The third-order valence-corrected chi connectivity index (χ3v) is 5.00. The lowest BCUT2D eigenvalue weighted by molar-refractivity contribution is -0.120. The molecule has 0 saturated heterocycles. The van der Waals surface area contributed by atoms with Crippen LogP contribution in [-0.4, -0.2) is 31.2 Å². The molecular formula is C20H19ClN2O3S. The summed E-state index contributed by atoms with van der Waals surface area (Å²) >= 11 is 7.67. The predicted molar refractivity (Wildman–Crippen MR) is 108 cm³/mol. The molecule has 0 aliphatic heterocycles. The van der Waals surface area contributed by atoms with E-state index in [-0.39, 0.29) is 12.3 Å². The minimum absolute atomic E-state index is 0.102. The van der Waals surface area contributed by atoms with E-state index in [0.29, 0.717) is 29.7 Å². The van der Waals surface area contributed by atoms with Crippen LogP contribution in [-0.2, 0) is 11.2 Å². The molecule has 0 aliphatic carbocycles. The number of amides is 1. The monoisotopic (exact) mass is 402 g/mol. The first kappa shape index (κ1) is 19.2. The zero-order chi connectivity index (χ0) is 19.1. The van der Waals surface area contributed by atoms with Gasteiger partial charge in [-0.25, -0.2) is 4.98 Å². The zero-order valence-electron chi connectivity index (χ0n) is 14.8. The molecule has 7 heteroatoms. The SMILES string of the molecule is COc1ccccc1OCCNC(=O)Cc1csc(-c2ccccc2Cl)n1. The number of halogens is 1. The van der Waals surface area contributed by atoms with Gasteiger partial charge in [-0.3, -0.25) is 4.79 Å². The molecule has 2 aromatic carbocycles. The number of carbonyl (C=O) groups is 1. The van der Waals surface area contributed by atoms with E-state index in [1.165, 1.54) is 11.3 Å². The predicted octanol–water partition coefficient (Wildman–Crippen LogP) is 4.21. The maximum atomic E-state index is 12.1. The molecule has 0 saturated carbocycles. The van der Waals surface area contributed by atoms with Crippen LogP contribution in [0.2, 0.25) is 5.02 Å². The van der Waals surface area contributed by atoms with Gasteiger partial charge in [0.15, 0.2) is 11.5 Å². The van der Waals surface area contributed by atoms with Crippen molar-refractivity contribution in [2.45, 2.75) is 6.42 Å². The number of ether oxygens (including phenoxy) is 2. The molecular weight excluding hydrogens is 384 g/mol. The Hall–Kier alpha value is -2.57. The summed E-state index contributed by atoms with van der Waals surface area (Å²) in [5.74, 6) is 1.21. The van der Waals surface area contributed by atoms with Gasteiger partial charge in [-0.05, 0) is 18.2 Å². The zero-order valence-corrected chi connectivity index (χ0v) is 16.3. The first-order valence-electron chi connectivity index (χ1n) is 8.39. The van der Waals surface area contributed by atoms with Crippen molar-refractivity contribution in [3.05, 3.63) is 64.6 Å². The van der Waals surface area contributed by atoms with E-state index >= 15 is 0 Å². The normalized spacial score (nSPS) is 10.4. The van der Waals surface area contributed by atoms with E-state index in [2.05, 4.69) is 10.3 Å². The van der Waals surface area contributed by atoms with Crippen LogP contribution in [0.1, 0.15) is 5.69 Å². The summed E-state index contributed by atoms with van der Waals surface area (Å²) in [5.41, 5.74) is 1.60. The number of benzene rings is 2. The van der Waals surface area contributed by atoms with Crippen LogP contribution in [0.25, 0.3) is 10.6 Å². The molecule has 0 aliphatic rings. The summed E-state index contributed by atoms with van der Waals surface area (Å²) in [6, 6.07) is 14.9. The van der Waals surface area contributed by atoms with Gasteiger partial charge in [0, 0.05) is 10.9 Å². The second-order valence-corrected chi connectivity index (χ2v) is 6.92. The number of carbonyl (C=O) groups excluding carboxylic acids is 1. The van der Waals surface area contributed by atoms with E-state index < -0.39 is 0 Å². The van der Waals surface area contributed by atoms with Crippen molar-refractivity contribution in [3.63, 3.8) is 0 Å². The van der Waals surface area contributed by atoms with Crippen molar-refractivity contribution in [3.8, 4) is 22.1 Å². The molecule has 0 spiro atoms. The van der Waals surface area contributed by atoms with Crippen molar-refractivity contribution < 1.29 is 14.3 Å². The molecule has 0 fully saturated rings. The van der Waals surface area contributed by atoms with E-state index in [1.54, 1.807) is 7.11 Å². The van der Waals surface area contributed by atoms with Crippen LogP contribution in [0.5, 0.6) is 11.5 Å². The highest BCUT2D eigenvalue weighted by atomic mass is 35.5. The summed E-state index contributed by atoms with van der Waals surface area (Å²) < 4.78 is 10.9. The number of hydrogen-bond donors (Lipinski definition) is 1. The second-order valence-electron chi connectivity index (χ2n) is 5.65. The van der Waals surface area contributed by atoms with E-state index in [0.717, 1.165) is 16.3 Å². The van der Waals surface area contributed by atoms with Gasteiger partial charge in [0.1, 0.15) is 11.6 Å². The van der Waals surface area contributed by atoms with Gasteiger partial charge in [-0.2, -0.15) is 0 Å². The molecule has 27 heavy (non-hydrogen) atoms. The van der Waals surface area contributed by atoms with Gasteiger partial charge < -0.3 is 14.8 Å². The summed E-state index contributed by atoms with van der Waals surface area (Å²) in [6.45, 7) is 0.756. The lowest BCUT2D eigenvalue weighted by Crippen LogP contribution is -2.29. The highest BCUT2D eigenvalue weighted by molar-refractivity contribution is 7.13. The topological polar surface area (TPSA) is 60.5 Å². The summed E-state index contributed by atoms with van der Waals surface area (Å²) in [5, 5.41) is 6.17. The van der Waals surface area contributed by atoms with Gasteiger partial charge in [0.2, 0.25) is 5.91 Å². The molecule has 1 N–H and O–H groups in total. The van der Waals surface area contributed by atoms with Gasteiger partial charge in [0.05, 0.1) is 30.8 Å². The maximum Gasteiger partial charge on any atom is 0.226 e. The van der Waals surface area contributed by atoms with Crippen LogP contribution >= 0.6 is 22.9 Å². The largest absolute Gasteiger partial charge is 0.493 e. The Morgan fingerprint density at radius 3 is 2.67 bits per heavy atom. The lowest BCUT2D eigenvalue weighted by Gasteiger charge is -2.10. The van der Waals surface area contributed by atoms with Crippen LogP contribution in [0.3, 0.4) is 0 Å². The lowest BCUT2D eigenvalue weighted by atomic mass is 10.2. The Kier molecular flexibility index (Phi) is 6.68.